The number of nitrogens with zero attached hydrogens (tertiary/aromatic N) is 1. The molecule has 0 aliphatic rings. The van der Waals surface area contributed by atoms with Crippen molar-refractivity contribution in [2.24, 2.45) is 0 Å². The van der Waals surface area contributed by atoms with Crippen molar-refractivity contribution in [1.82, 2.24) is 4.98 Å². The van der Waals surface area contributed by atoms with Crippen molar-refractivity contribution in [3.8, 4) is 0 Å². The second-order valence-corrected chi connectivity index (χ2v) is 5.24. The molecule has 1 aromatic carbocycles. The maximum atomic E-state index is 11.4. The first-order valence-electron chi connectivity index (χ1n) is 6.08. The van der Waals surface area contributed by atoms with Crippen molar-refractivity contribution >= 4 is 39.9 Å². The van der Waals surface area contributed by atoms with E-state index in [4.69, 9.17) is 0 Å². The fourth-order valence-electron chi connectivity index (χ4n) is 2.02. The zero-order chi connectivity index (χ0) is 13.9. The van der Waals surface area contributed by atoms with Crippen LogP contribution in [0, 0.1) is 0 Å². The molecule has 0 fully saturated rings. The van der Waals surface area contributed by atoms with E-state index in [0.29, 0.717) is 5.57 Å². The van der Waals surface area contributed by atoms with E-state index in [0.717, 1.165) is 21.3 Å². The Bertz CT molecular complexity index is 791. The molecule has 2 heterocycles. The van der Waals surface area contributed by atoms with Crippen LogP contribution in [0.4, 0.5) is 0 Å². The number of carboxylic acid groups (broad SMARTS) is 1. The van der Waals surface area contributed by atoms with Crippen molar-refractivity contribution in [2.45, 2.75) is 0 Å². The Morgan fingerprint density at radius 2 is 2.10 bits per heavy atom. The fourth-order valence-corrected chi connectivity index (χ4v) is 2.75. The molecule has 4 heteroatoms. The van der Waals surface area contributed by atoms with E-state index in [2.05, 4.69) is 4.98 Å². The molecule has 0 spiro atoms. The summed E-state index contributed by atoms with van der Waals surface area (Å²) in [5, 5.41) is 12.2. The van der Waals surface area contributed by atoms with Gasteiger partial charge in [0, 0.05) is 16.5 Å². The number of carboxylic acids is 1. The van der Waals surface area contributed by atoms with Gasteiger partial charge in [-0.2, -0.15) is 0 Å². The first kappa shape index (κ1) is 12.6. The summed E-state index contributed by atoms with van der Waals surface area (Å²) < 4.78 is 0. The van der Waals surface area contributed by atoms with Crippen LogP contribution in [0.5, 0.6) is 0 Å². The molecular formula is C16H11NO2S. The van der Waals surface area contributed by atoms with E-state index < -0.39 is 5.97 Å². The van der Waals surface area contributed by atoms with Gasteiger partial charge >= 0.3 is 5.97 Å². The minimum atomic E-state index is -0.918. The lowest BCUT2D eigenvalue weighted by Crippen LogP contribution is -1.97. The molecule has 0 saturated carbocycles. The first-order valence-corrected chi connectivity index (χ1v) is 6.96. The number of aliphatic carboxylic acids is 1. The summed E-state index contributed by atoms with van der Waals surface area (Å²) in [6, 6.07) is 13.2. The third-order valence-corrected chi connectivity index (χ3v) is 3.86. The first-order chi connectivity index (χ1) is 9.74. The van der Waals surface area contributed by atoms with Gasteiger partial charge in [0.2, 0.25) is 0 Å². The third-order valence-electron chi connectivity index (χ3n) is 2.96. The highest BCUT2D eigenvalue weighted by molar-refractivity contribution is 7.11. The lowest BCUT2D eigenvalue weighted by atomic mass is 10.1. The standard InChI is InChI=1S/C16H11NO2S/c18-16(19)13(15-4-2-8-20-15)10-11-5-6-14-12(9-11)3-1-7-17-14/h1-10H,(H,18,19)/b13-10-. The number of hydrogen-bond donors (Lipinski definition) is 1. The Hall–Kier alpha value is -2.46. The van der Waals surface area contributed by atoms with Gasteiger partial charge in [-0.05, 0) is 41.3 Å². The summed E-state index contributed by atoms with van der Waals surface area (Å²) in [5.41, 5.74) is 2.07. The molecule has 0 amide bonds. The highest BCUT2D eigenvalue weighted by Crippen LogP contribution is 2.24. The van der Waals surface area contributed by atoms with Gasteiger partial charge in [-0.15, -0.1) is 11.3 Å². The molecule has 0 radical (unpaired) electrons. The van der Waals surface area contributed by atoms with Gasteiger partial charge in [-0.3, -0.25) is 4.98 Å². The Morgan fingerprint density at radius 3 is 2.85 bits per heavy atom. The van der Waals surface area contributed by atoms with Crippen molar-refractivity contribution in [3.63, 3.8) is 0 Å². The highest BCUT2D eigenvalue weighted by atomic mass is 32.1. The van der Waals surface area contributed by atoms with Crippen molar-refractivity contribution < 1.29 is 9.90 Å². The second-order valence-electron chi connectivity index (χ2n) is 4.30. The van der Waals surface area contributed by atoms with E-state index in [1.807, 2.05) is 47.8 Å². The Labute approximate surface area is 119 Å². The summed E-state index contributed by atoms with van der Waals surface area (Å²) in [6.45, 7) is 0. The van der Waals surface area contributed by atoms with Crippen LogP contribution >= 0.6 is 11.3 Å². The number of pyridine rings is 1. The smallest absolute Gasteiger partial charge is 0.337 e. The van der Waals surface area contributed by atoms with Gasteiger partial charge in [-0.1, -0.05) is 18.2 Å². The topological polar surface area (TPSA) is 50.2 Å². The summed E-state index contributed by atoms with van der Waals surface area (Å²) in [7, 11) is 0. The van der Waals surface area contributed by atoms with E-state index in [9.17, 15) is 9.90 Å². The number of rotatable bonds is 3. The average molecular weight is 281 g/mol. The molecule has 98 valence electrons. The van der Waals surface area contributed by atoms with E-state index >= 15 is 0 Å². The maximum Gasteiger partial charge on any atom is 0.337 e. The van der Waals surface area contributed by atoms with Gasteiger partial charge in [0.1, 0.15) is 0 Å². The van der Waals surface area contributed by atoms with Crippen LogP contribution in [0.25, 0.3) is 22.6 Å². The van der Waals surface area contributed by atoms with Crippen molar-refractivity contribution in [3.05, 3.63) is 64.5 Å². The van der Waals surface area contributed by atoms with Crippen molar-refractivity contribution in [1.29, 1.82) is 0 Å². The summed E-state index contributed by atoms with van der Waals surface area (Å²) in [6.07, 6.45) is 3.44. The fraction of sp³-hybridized carbons (Fsp3) is 0. The number of thiophene rings is 1. The molecule has 0 saturated heterocycles. The predicted molar refractivity (Wildman–Crippen MR) is 81.6 cm³/mol. The Kier molecular flexibility index (Phi) is 3.31. The quantitative estimate of drug-likeness (QED) is 0.740. The Balaban J connectivity index is 2.09. The van der Waals surface area contributed by atoms with Crippen LogP contribution in [-0.2, 0) is 4.79 Å². The van der Waals surface area contributed by atoms with Gasteiger partial charge in [-0.25, -0.2) is 4.79 Å². The minimum Gasteiger partial charge on any atom is -0.478 e. The van der Waals surface area contributed by atoms with E-state index in [1.54, 1.807) is 12.3 Å². The molecule has 0 atom stereocenters. The number of benzene rings is 1. The van der Waals surface area contributed by atoms with Gasteiger partial charge in [0.15, 0.2) is 0 Å². The molecule has 0 aliphatic heterocycles. The summed E-state index contributed by atoms with van der Waals surface area (Å²) >= 11 is 1.42. The van der Waals surface area contributed by atoms with Crippen LogP contribution in [0.1, 0.15) is 10.4 Å². The molecule has 0 bridgehead atoms. The predicted octanol–water partition coefficient (Wildman–Crippen LogP) is 3.92. The number of fused-ring (bicyclic) bond motifs is 1. The molecule has 1 N–H and O–H groups in total. The maximum absolute atomic E-state index is 11.4. The van der Waals surface area contributed by atoms with Crippen LogP contribution in [0.2, 0.25) is 0 Å². The van der Waals surface area contributed by atoms with Gasteiger partial charge in [0.25, 0.3) is 0 Å². The zero-order valence-electron chi connectivity index (χ0n) is 10.5. The molecule has 0 aliphatic carbocycles. The molecule has 3 aromatic rings. The van der Waals surface area contributed by atoms with Crippen molar-refractivity contribution in [2.75, 3.05) is 0 Å². The normalized spacial score (nSPS) is 11.7. The number of carbonyl (C=O) groups is 1. The zero-order valence-corrected chi connectivity index (χ0v) is 11.3. The number of aromatic nitrogens is 1. The summed E-state index contributed by atoms with van der Waals surface area (Å²) in [4.78, 5) is 16.4. The van der Waals surface area contributed by atoms with Gasteiger partial charge < -0.3 is 5.11 Å². The molecule has 3 nitrogen and oxygen atoms in total. The largest absolute Gasteiger partial charge is 0.478 e. The van der Waals surface area contributed by atoms with Crippen LogP contribution in [-0.4, -0.2) is 16.1 Å². The number of hydrogen-bond acceptors (Lipinski definition) is 3. The average Bonchev–Trinajstić information content (AvgIpc) is 2.98. The van der Waals surface area contributed by atoms with E-state index in [1.165, 1.54) is 11.3 Å². The second kappa shape index (κ2) is 5.27. The SMILES string of the molecule is O=C(O)/C(=C\c1ccc2ncccc2c1)c1cccs1. The lowest BCUT2D eigenvalue weighted by molar-refractivity contribution is -0.130. The Morgan fingerprint density at radius 1 is 1.20 bits per heavy atom. The molecule has 20 heavy (non-hydrogen) atoms. The third kappa shape index (κ3) is 2.46. The van der Waals surface area contributed by atoms with Crippen LogP contribution in [0.15, 0.2) is 54.0 Å². The molecular weight excluding hydrogens is 270 g/mol. The van der Waals surface area contributed by atoms with Crippen LogP contribution < -0.4 is 0 Å². The minimum absolute atomic E-state index is 0.309. The van der Waals surface area contributed by atoms with Crippen LogP contribution in [0.3, 0.4) is 0 Å². The van der Waals surface area contributed by atoms with E-state index in [-0.39, 0.29) is 0 Å². The highest BCUT2D eigenvalue weighted by Gasteiger charge is 2.11. The molecule has 2 aromatic heterocycles. The molecule has 0 unspecified atom stereocenters. The lowest BCUT2D eigenvalue weighted by Gasteiger charge is -2.02. The monoisotopic (exact) mass is 281 g/mol. The van der Waals surface area contributed by atoms with Gasteiger partial charge in [0.05, 0.1) is 11.1 Å². The summed E-state index contributed by atoms with van der Waals surface area (Å²) in [5.74, 6) is -0.918. The molecule has 3 rings (SSSR count).